The standard InChI is InChI=1S/C11H13BrN2O2/c1-14(16-2)10(15)11(5-6-11)9-4-3-8(12)7-13-9/h3-4,7H,5-6H2,1-2H3. The van der Waals surface area contributed by atoms with E-state index >= 15 is 0 Å². The fourth-order valence-corrected chi connectivity index (χ4v) is 1.98. The predicted molar refractivity (Wildman–Crippen MR) is 62.6 cm³/mol. The first kappa shape index (κ1) is 11.5. The van der Waals surface area contributed by atoms with Crippen LogP contribution in [0.2, 0.25) is 0 Å². The monoisotopic (exact) mass is 284 g/mol. The van der Waals surface area contributed by atoms with E-state index < -0.39 is 5.41 Å². The molecular formula is C11H13BrN2O2. The number of hydrogen-bond acceptors (Lipinski definition) is 3. The van der Waals surface area contributed by atoms with Gasteiger partial charge in [0.05, 0.1) is 18.2 Å². The van der Waals surface area contributed by atoms with Crippen molar-refractivity contribution in [2.24, 2.45) is 0 Å². The van der Waals surface area contributed by atoms with Crippen LogP contribution in [0.5, 0.6) is 0 Å². The molecule has 1 aliphatic rings. The number of amides is 1. The lowest BCUT2D eigenvalue weighted by molar-refractivity contribution is -0.171. The smallest absolute Gasteiger partial charge is 0.258 e. The van der Waals surface area contributed by atoms with Crippen molar-refractivity contribution in [3.8, 4) is 0 Å². The average molecular weight is 285 g/mol. The number of rotatable bonds is 3. The first-order valence-corrected chi connectivity index (χ1v) is 5.84. The van der Waals surface area contributed by atoms with Crippen LogP contribution in [0.3, 0.4) is 0 Å². The molecule has 16 heavy (non-hydrogen) atoms. The Bertz CT molecular complexity index is 401. The highest BCUT2D eigenvalue weighted by molar-refractivity contribution is 9.10. The van der Waals surface area contributed by atoms with Gasteiger partial charge in [-0.2, -0.15) is 0 Å². The summed E-state index contributed by atoms with van der Waals surface area (Å²) in [5, 5.41) is 1.27. The molecule has 1 aromatic rings. The molecule has 1 aromatic heterocycles. The van der Waals surface area contributed by atoms with Crippen LogP contribution in [0.25, 0.3) is 0 Å². The lowest BCUT2D eigenvalue weighted by atomic mass is 10.0. The Hall–Kier alpha value is -0.940. The third kappa shape index (κ3) is 1.85. The number of hydroxylamine groups is 2. The maximum absolute atomic E-state index is 12.1. The topological polar surface area (TPSA) is 42.4 Å². The van der Waals surface area contributed by atoms with Gasteiger partial charge in [0.15, 0.2) is 0 Å². The number of aromatic nitrogens is 1. The van der Waals surface area contributed by atoms with E-state index in [1.807, 2.05) is 12.1 Å². The molecule has 0 N–H and O–H groups in total. The van der Waals surface area contributed by atoms with Gasteiger partial charge in [-0.1, -0.05) is 0 Å². The second-order valence-electron chi connectivity index (χ2n) is 3.93. The average Bonchev–Trinajstić information content (AvgIpc) is 3.09. The summed E-state index contributed by atoms with van der Waals surface area (Å²) in [6.45, 7) is 0. The molecule has 0 aliphatic heterocycles. The normalized spacial score (nSPS) is 16.9. The second-order valence-corrected chi connectivity index (χ2v) is 4.84. The molecule has 0 radical (unpaired) electrons. The van der Waals surface area contributed by atoms with Crippen LogP contribution in [-0.2, 0) is 15.0 Å². The van der Waals surface area contributed by atoms with Crippen LogP contribution in [-0.4, -0.2) is 30.1 Å². The minimum absolute atomic E-state index is 0.0233. The van der Waals surface area contributed by atoms with Gasteiger partial charge in [0.25, 0.3) is 5.91 Å². The zero-order valence-corrected chi connectivity index (χ0v) is 10.8. The molecule has 0 aromatic carbocycles. The Morgan fingerprint density at radius 2 is 2.25 bits per heavy atom. The van der Waals surface area contributed by atoms with E-state index in [4.69, 9.17) is 4.84 Å². The van der Waals surface area contributed by atoms with Gasteiger partial charge in [-0.15, -0.1) is 0 Å². The number of nitrogens with zero attached hydrogens (tertiary/aromatic N) is 2. The van der Waals surface area contributed by atoms with Crippen LogP contribution >= 0.6 is 15.9 Å². The third-order valence-corrected chi connectivity index (χ3v) is 3.41. The highest BCUT2D eigenvalue weighted by atomic mass is 79.9. The number of hydrogen-bond donors (Lipinski definition) is 0. The quantitative estimate of drug-likeness (QED) is 0.796. The molecule has 1 amide bonds. The maximum Gasteiger partial charge on any atom is 0.258 e. The van der Waals surface area contributed by atoms with Gasteiger partial charge >= 0.3 is 0 Å². The molecule has 0 saturated heterocycles. The summed E-state index contributed by atoms with van der Waals surface area (Å²) < 4.78 is 0.916. The molecule has 4 nitrogen and oxygen atoms in total. The van der Waals surface area contributed by atoms with Crippen LogP contribution in [0.1, 0.15) is 18.5 Å². The van der Waals surface area contributed by atoms with E-state index in [9.17, 15) is 4.79 Å². The summed E-state index contributed by atoms with van der Waals surface area (Å²) in [6.07, 6.45) is 3.40. The van der Waals surface area contributed by atoms with Crippen molar-refractivity contribution in [2.75, 3.05) is 14.2 Å². The highest BCUT2D eigenvalue weighted by Crippen LogP contribution is 2.48. The van der Waals surface area contributed by atoms with Crippen LogP contribution in [0, 0.1) is 0 Å². The van der Waals surface area contributed by atoms with E-state index in [-0.39, 0.29) is 5.91 Å². The second kappa shape index (κ2) is 4.14. The van der Waals surface area contributed by atoms with Crippen molar-refractivity contribution >= 4 is 21.8 Å². The Kier molecular flexibility index (Phi) is 2.99. The molecule has 0 bridgehead atoms. The summed E-state index contributed by atoms with van der Waals surface area (Å²) in [6, 6.07) is 3.79. The van der Waals surface area contributed by atoms with Crippen LogP contribution in [0.15, 0.2) is 22.8 Å². The van der Waals surface area contributed by atoms with E-state index in [0.29, 0.717) is 0 Å². The van der Waals surface area contributed by atoms with Gasteiger partial charge in [0, 0.05) is 17.7 Å². The molecule has 1 fully saturated rings. The number of carbonyl (C=O) groups excluding carboxylic acids is 1. The fraction of sp³-hybridized carbons (Fsp3) is 0.455. The SMILES string of the molecule is CON(C)C(=O)C1(c2ccc(Br)cn2)CC1. The van der Waals surface area contributed by atoms with E-state index in [2.05, 4.69) is 20.9 Å². The minimum atomic E-state index is -0.453. The lowest BCUT2D eigenvalue weighted by Gasteiger charge is -2.20. The summed E-state index contributed by atoms with van der Waals surface area (Å²) in [5.74, 6) is -0.0233. The highest BCUT2D eigenvalue weighted by Gasteiger charge is 2.54. The lowest BCUT2D eigenvalue weighted by Crippen LogP contribution is -2.36. The molecule has 0 unspecified atom stereocenters. The molecule has 0 spiro atoms. The van der Waals surface area contributed by atoms with Gasteiger partial charge in [-0.25, -0.2) is 5.06 Å². The van der Waals surface area contributed by atoms with Crippen molar-refractivity contribution < 1.29 is 9.63 Å². The summed E-state index contributed by atoms with van der Waals surface area (Å²) in [5.41, 5.74) is 0.371. The van der Waals surface area contributed by atoms with Crippen molar-refractivity contribution in [1.82, 2.24) is 10.0 Å². The Morgan fingerprint density at radius 1 is 1.56 bits per heavy atom. The van der Waals surface area contributed by atoms with Gasteiger partial charge in [-0.3, -0.25) is 14.6 Å². The molecule has 86 valence electrons. The van der Waals surface area contributed by atoms with Gasteiger partial charge in [0.2, 0.25) is 0 Å². The molecule has 1 heterocycles. The van der Waals surface area contributed by atoms with Gasteiger partial charge in [0.1, 0.15) is 0 Å². The van der Waals surface area contributed by atoms with Crippen LogP contribution < -0.4 is 0 Å². The minimum Gasteiger partial charge on any atom is -0.275 e. The molecule has 2 rings (SSSR count). The number of likely N-dealkylation sites (N-methyl/N-ethyl adjacent to an activating group) is 1. The molecule has 0 atom stereocenters. The Morgan fingerprint density at radius 3 is 2.69 bits per heavy atom. The molecule has 5 heteroatoms. The zero-order valence-electron chi connectivity index (χ0n) is 9.24. The summed E-state index contributed by atoms with van der Waals surface area (Å²) >= 11 is 3.33. The van der Waals surface area contributed by atoms with Crippen molar-refractivity contribution in [3.05, 3.63) is 28.5 Å². The summed E-state index contributed by atoms with van der Waals surface area (Å²) in [4.78, 5) is 21.3. The number of pyridine rings is 1. The third-order valence-electron chi connectivity index (χ3n) is 2.94. The summed E-state index contributed by atoms with van der Waals surface area (Å²) in [7, 11) is 3.12. The largest absolute Gasteiger partial charge is 0.275 e. The maximum atomic E-state index is 12.1. The van der Waals surface area contributed by atoms with Crippen LogP contribution in [0.4, 0.5) is 0 Å². The van der Waals surface area contributed by atoms with Crippen molar-refractivity contribution in [1.29, 1.82) is 0 Å². The first-order chi connectivity index (χ1) is 7.60. The number of halogens is 1. The molecule has 1 aliphatic carbocycles. The van der Waals surface area contributed by atoms with E-state index in [1.54, 1.807) is 13.2 Å². The first-order valence-electron chi connectivity index (χ1n) is 5.04. The fourth-order valence-electron chi connectivity index (χ4n) is 1.75. The van der Waals surface area contributed by atoms with Crippen molar-refractivity contribution in [2.45, 2.75) is 18.3 Å². The number of carbonyl (C=O) groups is 1. The Balaban J connectivity index is 2.26. The van der Waals surface area contributed by atoms with Gasteiger partial charge in [-0.05, 0) is 40.9 Å². The molecule has 1 saturated carbocycles. The van der Waals surface area contributed by atoms with Gasteiger partial charge < -0.3 is 0 Å². The Labute approximate surface area is 103 Å². The zero-order chi connectivity index (χ0) is 11.8. The van der Waals surface area contributed by atoms with E-state index in [0.717, 1.165) is 23.0 Å². The predicted octanol–water partition coefficient (Wildman–Crippen LogP) is 1.90. The van der Waals surface area contributed by atoms with Crippen molar-refractivity contribution in [3.63, 3.8) is 0 Å². The molecular weight excluding hydrogens is 272 g/mol. The van der Waals surface area contributed by atoms with E-state index in [1.165, 1.54) is 12.2 Å².